The van der Waals surface area contributed by atoms with Crippen molar-refractivity contribution < 1.29 is 8.42 Å². The highest BCUT2D eigenvalue weighted by Crippen LogP contribution is 2.20. The Kier molecular flexibility index (Phi) is 3.29. The molecule has 0 fully saturated rings. The maximum atomic E-state index is 11.8. The van der Waals surface area contributed by atoms with Gasteiger partial charge in [0.15, 0.2) is 0 Å². The van der Waals surface area contributed by atoms with Gasteiger partial charge in [-0.05, 0) is 0 Å². The minimum absolute atomic E-state index is 0.0509. The zero-order valence-corrected chi connectivity index (χ0v) is 10.7. The summed E-state index contributed by atoms with van der Waals surface area (Å²) in [5.41, 5.74) is 6.95. The molecule has 0 aliphatic carbocycles. The first kappa shape index (κ1) is 12.5. The molecule has 0 amide bonds. The number of benzene rings is 1. The van der Waals surface area contributed by atoms with E-state index in [2.05, 4.69) is 9.97 Å². The van der Waals surface area contributed by atoms with Crippen molar-refractivity contribution in [1.29, 1.82) is 0 Å². The third kappa shape index (κ3) is 2.48. The van der Waals surface area contributed by atoms with E-state index in [1.165, 1.54) is 0 Å². The topological polar surface area (TPSA) is 85.9 Å². The molecular weight excluding hydrogens is 250 g/mol. The Morgan fingerprint density at radius 3 is 2.44 bits per heavy atom. The fraction of sp³-hybridized carbons (Fsp3) is 0.167. The molecular formula is C12H13N3O2S. The number of hydrogen-bond donors (Lipinski definition) is 1. The van der Waals surface area contributed by atoms with Crippen molar-refractivity contribution in [2.45, 2.75) is 12.1 Å². The molecule has 2 rings (SSSR count). The van der Waals surface area contributed by atoms with Gasteiger partial charge >= 0.3 is 0 Å². The van der Waals surface area contributed by atoms with Crippen LogP contribution in [0.5, 0.6) is 0 Å². The molecule has 0 unspecified atom stereocenters. The van der Waals surface area contributed by atoms with E-state index in [1.54, 1.807) is 13.0 Å². The number of hydrogen-bond acceptors (Lipinski definition) is 5. The van der Waals surface area contributed by atoms with E-state index in [4.69, 9.17) is 5.73 Å². The standard InChI is InChI=1S/C12H13N3O2S/c1-2-18(16,17)12-14-10(8-11(13)15-12)9-6-4-3-5-7-9/h3-8H,2H2,1H3,(H2,13,14,15). The summed E-state index contributed by atoms with van der Waals surface area (Å²) in [4.78, 5) is 7.85. The molecule has 0 aliphatic heterocycles. The smallest absolute Gasteiger partial charge is 0.249 e. The quantitative estimate of drug-likeness (QED) is 0.848. The van der Waals surface area contributed by atoms with Crippen molar-refractivity contribution in [3.8, 4) is 11.3 Å². The van der Waals surface area contributed by atoms with Crippen molar-refractivity contribution >= 4 is 15.7 Å². The Morgan fingerprint density at radius 1 is 1.17 bits per heavy atom. The third-order valence-electron chi connectivity index (χ3n) is 2.45. The van der Waals surface area contributed by atoms with Gasteiger partial charge in [-0.25, -0.2) is 18.4 Å². The molecule has 0 aliphatic rings. The average Bonchev–Trinajstić information content (AvgIpc) is 2.39. The van der Waals surface area contributed by atoms with Gasteiger partial charge in [-0.15, -0.1) is 0 Å². The highest BCUT2D eigenvalue weighted by atomic mass is 32.2. The molecule has 0 bridgehead atoms. The van der Waals surface area contributed by atoms with Crippen molar-refractivity contribution in [2.24, 2.45) is 0 Å². The molecule has 0 radical (unpaired) electrons. The van der Waals surface area contributed by atoms with Crippen molar-refractivity contribution in [2.75, 3.05) is 11.5 Å². The van der Waals surface area contributed by atoms with Gasteiger partial charge in [-0.3, -0.25) is 0 Å². The van der Waals surface area contributed by atoms with E-state index < -0.39 is 9.84 Å². The first-order valence-electron chi connectivity index (χ1n) is 5.45. The Balaban J connectivity index is 2.59. The SMILES string of the molecule is CCS(=O)(=O)c1nc(N)cc(-c2ccccc2)n1. The number of nitrogens with two attached hydrogens (primary N) is 1. The van der Waals surface area contributed by atoms with E-state index >= 15 is 0 Å². The molecule has 5 nitrogen and oxygen atoms in total. The largest absolute Gasteiger partial charge is 0.384 e. The Labute approximate surface area is 106 Å². The van der Waals surface area contributed by atoms with Gasteiger partial charge in [0.25, 0.3) is 0 Å². The fourth-order valence-corrected chi connectivity index (χ4v) is 2.21. The normalized spacial score (nSPS) is 11.4. The van der Waals surface area contributed by atoms with Gasteiger partial charge in [0.2, 0.25) is 15.0 Å². The van der Waals surface area contributed by atoms with Crippen LogP contribution in [0.1, 0.15) is 6.92 Å². The van der Waals surface area contributed by atoms with Gasteiger partial charge in [-0.2, -0.15) is 0 Å². The van der Waals surface area contributed by atoms with Crippen LogP contribution in [0.15, 0.2) is 41.6 Å². The van der Waals surface area contributed by atoms with Crippen LogP contribution in [0.2, 0.25) is 0 Å². The summed E-state index contributed by atoms with van der Waals surface area (Å²) < 4.78 is 23.5. The zero-order valence-electron chi connectivity index (χ0n) is 9.87. The van der Waals surface area contributed by atoms with Gasteiger partial charge in [0, 0.05) is 11.6 Å². The maximum absolute atomic E-state index is 11.8. The van der Waals surface area contributed by atoms with Crippen LogP contribution >= 0.6 is 0 Å². The molecule has 2 aromatic rings. The molecule has 1 aromatic heterocycles. The molecule has 2 N–H and O–H groups in total. The summed E-state index contributed by atoms with van der Waals surface area (Å²) in [6, 6.07) is 10.8. The number of rotatable bonds is 3. The minimum Gasteiger partial charge on any atom is -0.384 e. The lowest BCUT2D eigenvalue weighted by Gasteiger charge is -2.05. The van der Waals surface area contributed by atoms with E-state index in [0.717, 1.165) is 5.56 Å². The second kappa shape index (κ2) is 4.73. The molecule has 94 valence electrons. The van der Waals surface area contributed by atoms with E-state index in [9.17, 15) is 8.42 Å². The highest BCUT2D eigenvalue weighted by molar-refractivity contribution is 7.91. The molecule has 0 spiro atoms. The lowest BCUT2D eigenvalue weighted by atomic mass is 10.1. The van der Waals surface area contributed by atoms with Gasteiger partial charge < -0.3 is 5.73 Å². The fourth-order valence-electron chi connectivity index (χ4n) is 1.47. The number of anilines is 1. The van der Waals surface area contributed by atoms with Gasteiger partial charge in [-0.1, -0.05) is 37.3 Å². The number of nitrogens with zero attached hydrogens (tertiary/aromatic N) is 2. The highest BCUT2D eigenvalue weighted by Gasteiger charge is 2.17. The number of sulfone groups is 1. The zero-order chi connectivity index (χ0) is 13.2. The molecule has 0 saturated heterocycles. The van der Waals surface area contributed by atoms with Crippen LogP contribution in [0.3, 0.4) is 0 Å². The summed E-state index contributed by atoms with van der Waals surface area (Å²) in [7, 11) is -3.45. The second-order valence-electron chi connectivity index (χ2n) is 3.73. The number of aromatic nitrogens is 2. The molecule has 1 heterocycles. The van der Waals surface area contributed by atoms with Crippen LogP contribution in [0.25, 0.3) is 11.3 Å². The Hall–Kier alpha value is -1.95. The first-order chi connectivity index (χ1) is 8.53. The Bertz CT molecular complexity index is 654. The Morgan fingerprint density at radius 2 is 1.83 bits per heavy atom. The summed E-state index contributed by atoms with van der Waals surface area (Å²) in [5.74, 6) is 0.0981. The monoisotopic (exact) mass is 263 g/mol. The molecule has 1 aromatic carbocycles. The van der Waals surface area contributed by atoms with E-state index in [-0.39, 0.29) is 16.7 Å². The average molecular weight is 263 g/mol. The van der Waals surface area contributed by atoms with Crippen LogP contribution in [0, 0.1) is 0 Å². The summed E-state index contributed by atoms with van der Waals surface area (Å²) >= 11 is 0. The predicted molar refractivity (Wildman–Crippen MR) is 69.6 cm³/mol. The molecule has 6 heteroatoms. The van der Waals surface area contributed by atoms with Crippen LogP contribution in [-0.4, -0.2) is 24.1 Å². The lowest BCUT2D eigenvalue weighted by Crippen LogP contribution is -2.10. The van der Waals surface area contributed by atoms with Crippen LogP contribution in [0.4, 0.5) is 5.82 Å². The summed E-state index contributed by atoms with van der Waals surface area (Å²) in [5, 5.41) is -0.219. The predicted octanol–water partition coefficient (Wildman–Crippen LogP) is 1.52. The third-order valence-corrected chi connectivity index (χ3v) is 3.95. The van der Waals surface area contributed by atoms with Gasteiger partial charge in [0.1, 0.15) is 5.82 Å². The second-order valence-corrected chi connectivity index (χ2v) is 5.90. The van der Waals surface area contributed by atoms with Crippen LogP contribution < -0.4 is 5.73 Å². The van der Waals surface area contributed by atoms with E-state index in [0.29, 0.717) is 5.69 Å². The summed E-state index contributed by atoms with van der Waals surface area (Å²) in [6.45, 7) is 1.55. The van der Waals surface area contributed by atoms with Crippen molar-refractivity contribution in [3.63, 3.8) is 0 Å². The van der Waals surface area contributed by atoms with Crippen LogP contribution in [-0.2, 0) is 9.84 Å². The lowest BCUT2D eigenvalue weighted by molar-refractivity contribution is 0.588. The molecule has 0 atom stereocenters. The number of nitrogen functional groups attached to an aromatic ring is 1. The summed E-state index contributed by atoms with van der Waals surface area (Å²) in [6.07, 6.45) is 0. The van der Waals surface area contributed by atoms with Crippen molar-refractivity contribution in [3.05, 3.63) is 36.4 Å². The van der Waals surface area contributed by atoms with E-state index in [1.807, 2.05) is 30.3 Å². The van der Waals surface area contributed by atoms with Crippen molar-refractivity contribution in [1.82, 2.24) is 9.97 Å². The maximum Gasteiger partial charge on any atom is 0.249 e. The molecule has 0 saturated carbocycles. The molecule has 18 heavy (non-hydrogen) atoms. The first-order valence-corrected chi connectivity index (χ1v) is 7.11. The minimum atomic E-state index is -3.45. The van der Waals surface area contributed by atoms with Gasteiger partial charge in [0.05, 0.1) is 11.4 Å².